The quantitative estimate of drug-likeness (QED) is 0.536. The number of likely N-dealkylation sites (tertiary alicyclic amines) is 1. The SMILES string of the molecule is CN1CCC(CN(C)CC2(CC(=N)N)CC2)C1. The van der Waals surface area contributed by atoms with Gasteiger partial charge in [0.15, 0.2) is 0 Å². The first kappa shape index (κ1) is 12.8. The number of amidine groups is 1. The maximum absolute atomic E-state index is 7.44. The Hall–Kier alpha value is -0.610. The molecule has 0 radical (unpaired) electrons. The lowest BCUT2D eigenvalue weighted by Gasteiger charge is -2.25. The van der Waals surface area contributed by atoms with Gasteiger partial charge in [0.25, 0.3) is 0 Å². The molecule has 1 unspecified atom stereocenters. The van der Waals surface area contributed by atoms with E-state index in [0.29, 0.717) is 11.3 Å². The Morgan fingerprint density at radius 3 is 2.71 bits per heavy atom. The topological polar surface area (TPSA) is 56.4 Å². The van der Waals surface area contributed by atoms with Gasteiger partial charge in [-0.2, -0.15) is 0 Å². The van der Waals surface area contributed by atoms with E-state index in [1.807, 2.05) is 0 Å². The molecule has 2 fully saturated rings. The number of nitrogens with zero attached hydrogens (tertiary/aromatic N) is 2. The molecule has 0 aromatic carbocycles. The van der Waals surface area contributed by atoms with Crippen LogP contribution in [-0.4, -0.2) is 55.9 Å². The average Bonchev–Trinajstić information content (AvgIpc) is 2.80. The van der Waals surface area contributed by atoms with Crippen LogP contribution in [-0.2, 0) is 0 Å². The van der Waals surface area contributed by atoms with Crippen molar-refractivity contribution in [3.63, 3.8) is 0 Å². The molecule has 4 nitrogen and oxygen atoms in total. The van der Waals surface area contributed by atoms with Crippen LogP contribution in [0, 0.1) is 16.7 Å². The summed E-state index contributed by atoms with van der Waals surface area (Å²) >= 11 is 0. The van der Waals surface area contributed by atoms with Crippen molar-refractivity contribution in [1.82, 2.24) is 9.80 Å². The van der Waals surface area contributed by atoms with Crippen molar-refractivity contribution in [2.45, 2.75) is 25.7 Å². The largest absolute Gasteiger partial charge is 0.388 e. The summed E-state index contributed by atoms with van der Waals surface area (Å²) in [6, 6.07) is 0. The Kier molecular flexibility index (Phi) is 3.73. The average molecular weight is 238 g/mol. The van der Waals surface area contributed by atoms with Gasteiger partial charge in [-0.05, 0) is 51.2 Å². The van der Waals surface area contributed by atoms with Crippen molar-refractivity contribution < 1.29 is 0 Å². The van der Waals surface area contributed by atoms with E-state index < -0.39 is 0 Å². The summed E-state index contributed by atoms with van der Waals surface area (Å²) in [7, 11) is 4.43. The molecule has 2 rings (SSSR count). The van der Waals surface area contributed by atoms with Crippen molar-refractivity contribution in [3.05, 3.63) is 0 Å². The summed E-state index contributed by atoms with van der Waals surface area (Å²) in [5.74, 6) is 1.19. The number of nitrogens with two attached hydrogens (primary N) is 1. The van der Waals surface area contributed by atoms with Crippen LogP contribution in [0.3, 0.4) is 0 Å². The lowest BCUT2D eigenvalue weighted by Crippen LogP contribution is -2.34. The first-order valence-electron chi connectivity index (χ1n) is 6.69. The van der Waals surface area contributed by atoms with E-state index in [2.05, 4.69) is 23.9 Å². The molecule has 0 aromatic heterocycles. The van der Waals surface area contributed by atoms with Gasteiger partial charge in [-0.1, -0.05) is 0 Å². The van der Waals surface area contributed by atoms with E-state index in [4.69, 9.17) is 11.1 Å². The maximum atomic E-state index is 7.44. The summed E-state index contributed by atoms with van der Waals surface area (Å²) in [5.41, 5.74) is 5.89. The summed E-state index contributed by atoms with van der Waals surface area (Å²) in [5, 5.41) is 7.44. The van der Waals surface area contributed by atoms with E-state index in [1.54, 1.807) is 0 Å². The Morgan fingerprint density at radius 1 is 1.53 bits per heavy atom. The molecular weight excluding hydrogens is 212 g/mol. The molecule has 0 aromatic rings. The van der Waals surface area contributed by atoms with E-state index in [9.17, 15) is 0 Å². The first-order chi connectivity index (χ1) is 7.99. The Balaban J connectivity index is 1.73. The monoisotopic (exact) mass is 238 g/mol. The minimum absolute atomic E-state index is 0.352. The molecule has 1 atom stereocenters. The Bertz CT molecular complexity index is 285. The van der Waals surface area contributed by atoms with Crippen LogP contribution in [0.25, 0.3) is 0 Å². The molecule has 1 saturated carbocycles. The van der Waals surface area contributed by atoms with Crippen molar-refractivity contribution in [2.24, 2.45) is 17.1 Å². The van der Waals surface area contributed by atoms with Crippen molar-refractivity contribution in [3.8, 4) is 0 Å². The van der Waals surface area contributed by atoms with Crippen LogP contribution in [0.5, 0.6) is 0 Å². The van der Waals surface area contributed by atoms with E-state index in [0.717, 1.165) is 18.9 Å². The molecule has 1 aliphatic carbocycles. The number of hydrogen-bond donors (Lipinski definition) is 2. The van der Waals surface area contributed by atoms with Crippen LogP contribution in [0.2, 0.25) is 0 Å². The van der Waals surface area contributed by atoms with Crippen LogP contribution >= 0.6 is 0 Å². The highest BCUT2D eigenvalue weighted by molar-refractivity contribution is 5.78. The third-order valence-electron chi connectivity index (χ3n) is 4.19. The summed E-state index contributed by atoms with van der Waals surface area (Å²) in [4.78, 5) is 4.88. The highest BCUT2D eigenvalue weighted by atomic mass is 15.2. The van der Waals surface area contributed by atoms with E-state index >= 15 is 0 Å². The Morgan fingerprint density at radius 2 is 2.24 bits per heavy atom. The Labute approximate surface area is 105 Å². The molecule has 1 aliphatic heterocycles. The highest BCUT2D eigenvalue weighted by Gasteiger charge is 2.43. The molecule has 1 saturated heterocycles. The van der Waals surface area contributed by atoms with Gasteiger partial charge < -0.3 is 15.5 Å². The summed E-state index contributed by atoms with van der Waals surface area (Å²) in [6.45, 7) is 4.80. The number of nitrogens with one attached hydrogen (secondary N) is 1. The van der Waals surface area contributed by atoms with Gasteiger partial charge in [0.05, 0.1) is 5.84 Å². The third-order valence-corrected chi connectivity index (χ3v) is 4.19. The number of rotatable bonds is 6. The van der Waals surface area contributed by atoms with Crippen LogP contribution in [0.1, 0.15) is 25.7 Å². The zero-order valence-electron chi connectivity index (χ0n) is 11.2. The zero-order valence-corrected chi connectivity index (χ0v) is 11.2. The molecule has 2 aliphatic rings. The standard InChI is InChI=1S/C13H26N4/c1-16-6-3-11(8-16)9-17(2)10-13(4-5-13)7-12(14)15/h11H,3-10H2,1-2H3,(H3,14,15). The van der Waals surface area contributed by atoms with E-state index in [1.165, 1.54) is 38.9 Å². The van der Waals surface area contributed by atoms with Gasteiger partial charge in [0.2, 0.25) is 0 Å². The maximum Gasteiger partial charge on any atom is 0.0911 e. The molecule has 0 bridgehead atoms. The third kappa shape index (κ3) is 3.68. The van der Waals surface area contributed by atoms with Gasteiger partial charge >= 0.3 is 0 Å². The molecule has 0 amide bonds. The highest BCUT2D eigenvalue weighted by Crippen LogP contribution is 2.49. The summed E-state index contributed by atoms with van der Waals surface area (Å²) in [6.07, 6.45) is 4.63. The minimum Gasteiger partial charge on any atom is -0.388 e. The molecule has 3 N–H and O–H groups in total. The predicted octanol–water partition coefficient (Wildman–Crippen LogP) is 0.976. The lowest BCUT2D eigenvalue weighted by atomic mass is 10.0. The fourth-order valence-corrected chi connectivity index (χ4v) is 3.22. The molecule has 1 heterocycles. The van der Waals surface area contributed by atoms with Gasteiger partial charge in [-0.25, -0.2) is 0 Å². The van der Waals surface area contributed by atoms with E-state index in [-0.39, 0.29) is 0 Å². The van der Waals surface area contributed by atoms with Gasteiger partial charge in [0.1, 0.15) is 0 Å². The lowest BCUT2D eigenvalue weighted by molar-refractivity contribution is 0.229. The number of hydrogen-bond acceptors (Lipinski definition) is 3. The van der Waals surface area contributed by atoms with Gasteiger partial charge in [0, 0.05) is 26.1 Å². The van der Waals surface area contributed by atoms with Gasteiger partial charge in [-0.3, -0.25) is 5.41 Å². The molecular formula is C13H26N4. The zero-order chi connectivity index (χ0) is 12.5. The fraction of sp³-hybridized carbons (Fsp3) is 0.923. The van der Waals surface area contributed by atoms with Crippen LogP contribution in [0.15, 0.2) is 0 Å². The van der Waals surface area contributed by atoms with Crippen molar-refractivity contribution >= 4 is 5.84 Å². The smallest absolute Gasteiger partial charge is 0.0911 e. The predicted molar refractivity (Wildman–Crippen MR) is 71.3 cm³/mol. The first-order valence-corrected chi connectivity index (χ1v) is 6.69. The second kappa shape index (κ2) is 4.94. The molecule has 0 spiro atoms. The second-order valence-electron chi connectivity index (χ2n) is 6.32. The van der Waals surface area contributed by atoms with Crippen molar-refractivity contribution in [1.29, 1.82) is 5.41 Å². The molecule has 4 heteroatoms. The molecule has 17 heavy (non-hydrogen) atoms. The van der Waals surface area contributed by atoms with Crippen LogP contribution < -0.4 is 5.73 Å². The normalized spacial score (nSPS) is 27.6. The van der Waals surface area contributed by atoms with Gasteiger partial charge in [-0.15, -0.1) is 0 Å². The molecule has 98 valence electrons. The summed E-state index contributed by atoms with van der Waals surface area (Å²) < 4.78 is 0. The van der Waals surface area contributed by atoms with Crippen molar-refractivity contribution in [2.75, 3.05) is 40.3 Å². The minimum atomic E-state index is 0.352. The fourth-order valence-electron chi connectivity index (χ4n) is 3.22. The van der Waals surface area contributed by atoms with Crippen LogP contribution in [0.4, 0.5) is 0 Å². The second-order valence-corrected chi connectivity index (χ2v) is 6.32.